The van der Waals surface area contributed by atoms with Gasteiger partial charge >= 0.3 is 0 Å². The molecular weight excluding hydrogens is 268 g/mol. The van der Waals surface area contributed by atoms with E-state index in [2.05, 4.69) is 5.32 Å². The second-order valence-electron chi connectivity index (χ2n) is 4.69. The van der Waals surface area contributed by atoms with Crippen LogP contribution in [0.5, 0.6) is 11.5 Å². The minimum absolute atomic E-state index is 0.134. The molecule has 0 aromatic heterocycles. The van der Waals surface area contributed by atoms with Crippen molar-refractivity contribution >= 4 is 11.6 Å². The van der Waals surface area contributed by atoms with E-state index in [9.17, 15) is 9.90 Å². The van der Waals surface area contributed by atoms with E-state index in [1.807, 2.05) is 0 Å². The van der Waals surface area contributed by atoms with Gasteiger partial charge < -0.3 is 20.9 Å². The van der Waals surface area contributed by atoms with Gasteiger partial charge in [-0.3, -0.25) is 4.79 Å². The fraction of sp³-hybridized carbons (Fsp3) is 0.188. The molecule has 5 nitrogen and oxygen atoms in total. The van der Waals surface area contributed by atoms with Crippen molar-refractivity contribution in [2.75, 3.05) is 12.8 Å². The first-order valence-electron chi connectivity index (χ1n) is 6.55. The van der Waals surface area contributed by atoms with Crippen LogP contribution in [0.15, 0.2) is 42.5 Å². The SMILES string of the molecule is COc1ccc(N)cc1CNC(=O)Cc1cccc(O)c1. The molecule has 2 rings (SSSR count). The van der Waals surface area contributed by atoms with E-state index in [-0.39, 0.29) is 18.1 Å². The molecular formula is C16H18N2O3. The lowest BCUT2D eigenvalue weighted by atomic mass is 10.1. The van der Waals surface area contributed by atoms with Gasteiger partial charge in [0.2, 0.25) is 5.91 Å². The summed E-state index contributed by atoms with van der Waals surface area (Å²) in [6.07, 6.45) is 0.207. The normalized spacial score (nSPS) is 10.1. The molecule has 0 unspecified atom stereocenters. The highest BCUT2D eigenvalue weighted by Gasteiger charge is 2.07. The maximum absolute atomic E-state index is 11.9. The van der Waals surface area contributed by atoms with E-state index in [0.29, 0.717) is 18.0 Å². The third-order valence-electron chi connectivity index (χ3n) is 3.06. The maximum Gasteiger partial charge on any atom is 0.224 e. The third-order valence-corrected chi connectivity index (χ3v) is 3.06. The van der Waals surface area contributed by atoms with Gasteiger partial charge in [-0.1, -0.05) is 12.1 Å². The molecule has 0 fully saturated rings. The van der Waals surface area contributed by atoms with Crippen LogP contribution in [0.25, 0.3) is 0 Å². The number of anilines is 1. The quantitative estimate of drug-likeness (QED) is 0.732. The fourth-order valence-electron chi connectivity index (χ4n) is 2.04. The number of carbonyl (C=O) groups excluding carboxylic acids is 1. The second-order valence-corrected chi connectivity index (χ2v) is 4.69. The number of benzene rings is 2. The standard InChI is InChI=1S/C16H18N2O3/c1-21-15-6-5-13(17)9-12(15)10-18-16(20)8-11-3-2-4-14(19)7-11/h2-7,9,19H,8,10,17H2,1H3,(H,18,20). The Morgan fingerprint density at radius 1 is 1.29 bits per heavy atom. The van der Waals surface area contributed by atoms with Crippen LogP contribution in [0, 0.1) is 0 Å². The van der Waals surface area contributed by atoms with Crippen LogP contribution in [0.4, 0.5) is 5.69 Å². The second kappa shape index (κ2) is 6.65. The van der Waals surface area contributed by atoms with Crippen molar-refractivity contribution in [2.24, 2.45) is 0 Å². The Morgan fingerprint density at radius 3 is 2.81 bits per heavy atom. The Balaban J connectivity index is 1.96. The van der Waals surface area contributed by atoms with Gasteiger partial charge in [0.25, 0.3) is 0 Å². The zero-order valence-electron chi connectivity index (χ0n) is 11.8. The van der Waals surface area contributed by atoms with E-state index in [1.165, 1.54) is 0 Å². The van der Waals surface area contributed by atoms with E-state index >= 15 is 0 Å². The molecule has 0 spiro atoms. The lowest BCUT2D eigenvalue weighted by Crippen LogP contribution is -2.24. The number of rotatable bonds is 5. The van der Waals surface area contributed by atoms with E-state index in [0.717, 1.165) is 11.1 Å². The molecule has 5 heteroatoms. The number of ether oxygens (including phenoxy) is 1. The molecule has 2 aromatic rings. The van der Waals surface area contributed by atoms with Gasteiger partial charge in [-0.15, -0.1) is 0 Å². The Labute approximate surface area is 123 Å². The first-order valence-corrected chi connectivity index (χ1v) is 6.55. The number of phenols is 1. The third kappa shape index (κ3) is 4.14. The van der Waals surface area contributed by atoms with Crippen LogP contribution in [-0.4, -0.2) is 18.1 Å². The predicted octanol–water partition coefficient (Wildman–Crippen LogP) is 1.84. The van der Waals surface area contributed by atoms with Gasteiger partial charge in [-0.05, 0) is 35.9 Å². The molecule has 4 N–H and O–H groups in total. The van der Waals surface area contributed by atoms with Crippen molar-refractivity contribution < 1.29 is 14.6 Å². The summed E-state index contributed by atoms with van der Waals surface area (Å²) < 4.78 is 5.23. The van der Waals surface area contributed by atoms with Crippen molar-refractivity contribution in [1.82, 2.24) is 5.32 Å². The molecule has 0 aliphatic carbocycles. The zero-order chi connectivity index (χ0) is 15.2. The Hall–Kier alpha value is -2.69. The number of nitrogens with one attached hydrogen (secondary N) is 1. The Kier molecular flexibility index (Phi) is 4.66. The number of nitrogens with two attached hydrogens (primary N) is 1. The summed E-state index contributed by atoms with van der Waals surface area (Å²) in [6.45, 7) is 0.339. The first kappa shape index (κ1) is 14.7. The number of hydrogen-bond donors (Lipinski definition) is 3. The Morgan fingerprint density at radius 2 is 2.10 bits per heavy atom. The molecule has 0 atom stereocenters. The lowest BCUT2D eigenvalue weighted by molar-refractivity contribution is -0.120. The largest absolute Gasteiger partial charge is 0.508 e. The lowest BCUT2D eigenvalue weighted by Gasteiger charge is -2.10. The molecule has 0 bridgehead atoms. The number of phenolic OH excluding ortho intramolecular Hbond substituents is 1. The summed E-state index contributed by atoms with van der Waals surface area (Å²) in [7, 11) is 1.57. The molecule has 0 saturated carbocycles. The molecule has 1 amide bonds. The molecule has 0 saturated heterocycles. The Bertz CT molecular complexity index is 641. The number of hydrogen-bond acceptors (Lipinski definition) is 4. The molecule has 0 heterocycles. The molecule has 0 aliphatic rings. The van der Waals surface area contributed by atoms with Crippen LogP contribution >= 0.6 is 0 Å². The summed E-state index contributed by atoms with van der Waals surface area (Å²) in [6, 6.07) is 11.9. The molecule has 2 aromatic carbocycles. The first-order chi connectivity index (χ1) is 10.1. The predicted molar refractivity (Wildman–Crippen MR) is 81.1 cm³/mol. The van der Waals surface area contributed by atoms with E-state index < -0.39 is 0 Å². The summed E-state index contributed by atoms with van der Waals surface area (Å²) in [4.78, 5) is 11.9. The van der Waals surface area contributed by atoms with Gasteiger partial charge in [0.1, 0.15) is 11.5 Å². The average Bonchev–Trinajstić information content (AvgIpc) is 2.45. The van der Waals surface area contributed by atoms with Gasteiger partial charge in [0, 0.05) is 17.8 Å². The minimum atomic E-state index is -0.134. The van der Waals surface area contributed by atoms with E-state index in [4.69, 9.17) is 10.5 Å². The fourth-order valence-corrected chi connectivity index (χ4v) is 2.04. The highest BCUT2D eigenvalue weighted by atomic mass is 16.5. The molecule has 21 heavy (non-hydrogen) atoms. The summed E-state index contributed by atoms with van der Waals surface area (Å²) in [5.41, 5.74) is 7.93. The maximum atomic E-state index is 11.9. The van der Waals surface area contributed by atoms with E-state index in [1.54, 1.807) is 49.6 Å². The molecule has 110 valence electrons. The van der Waals surface area contributed by atoms with Gasteiger partial charge in [-0.2, -0.15) is 0 Å². The van der Waals surface area contributed by atoms with Gasteiger partial charge in [-0.25, -0.2) is 0 Å². The summed E-state index contributed by atoms with van der Waals surface area (Å²) in [5.74, 6) is 0.699. The van der Waals surface area contributed by atoms with Crippen LogP contribution in [0.3, 0.4) is 0 Å². The average molecular weight is 286 g/mol. The van der Waals surface area contributed by atoms with Crippen molar-refractivity contribution in [3.63, 3.8) is 0 Å². The smallest absolute Gasteiger partial charge is 0.224 e. The summed E-state index contributed by atoms with van der Waals surface area (Å²) >= 11 is 0. The molecule has 0 radical (unpaired) electrons. The highest BCUT2D eigenvalue weighted by molar-refractivity contribution is 5.78. The highest BCUT2D eigenvalue weighted by Crippen LogP contribution is 2.20. The monoisotopic (exact) mass is 286 g/mol. The van der Waals surface area contributed by atoms with Crippen LogP contribution in [-0.2, 0) is 17.8 Å². The number of nitrogen functional groups attached to an aromatic ring is 1. The van der Waals surface area contributed by atoms with Crippen molar-refractivity contribution in [1.29, 1.82) is 0 Å². The topological polar surface area (TPSA) is 84.6 Å². The zero-order valence-corrected chi connectivity index (χ0v) is 11.8. The minimum Gasteiger partial charge on any atom is -0.508 e. The number of aromatic hydroxyl groups is 1. The number of methoxy groups -OCH3 is 1. The van der Waals surface area contributed by atoms with Gasteiger partial charge in [0.05, 0.1) is 13.5 Å². The van der Waals surface area contributed by atoms with Crippen molar-refractivity contribution in [3.05, 3.63) is 53.6 Å². The van der Waals surface area contributed by atoms with Crippen LogP contribution in [0.1, 0.15) is 11.1 Å². The van der Waals surface area contributed by atoms with Crippen molar-refractivity contribution in [2.45, 2.75) is 13.0 Å². The number of carbonyl (C=O) groups is 1. The molecule has 0 aliphatic heterocycles. The summed E-state index contributed by atoms with van der Waals surface area (Å²) in [5, 5.41) is 12.2. The van der Waals surface area contributed by atoms with Gasteiger partial charge in [0.15, 0.2) is 0 Å². The van der Waals surface area contributed by atoms with Crippen LogP contribution in [0.2, 0.25) is 0 Å². The number of amides is 1. The van der Waals surface area contributed by atoms with Crippen LogP contribution < -0.4 is 15.8 Å². The van der Waals surface area contributed by atoms with Crippen molar-refractivity contribution in [3.8, 4) is 11.5 Å².